The average Bonchev–Trinajstić information content (AvgIpc) is 2.49. The zero-order valence-electron chi connectivity index (χ0n) is 12.2. The van der Waals surface area contributed by atoms with Crippen molar-refractivity contribution in [3.8, 4) is 5.75 Å². The van der Waals surface area contributed by atoms with Gasteiger partial charge in [-0.25, -0.2) is 0 Å². The van der Waals surface area contributed by atoms with Crippen molar-refractivity contribution < 1.29 is 14.8 Å². The van der Waals surface area contributed by atoms with Gasteiger partial charge in [-0.3, -0.25) is 0 Å². The van der Waals surface area contributed by atoms with Crippen molar-refractivity contribution >= 4 is 24.3 Å². The average molecular weight is 302 g/mol. The molecule has 2 aromatic carbocycles. The summed E-state index contributed by atoms with van der Waals surface area (Å²) >= 11 is 1.78. The summed E-state index contributed by atoms with van der Waals surface area (Å²) in [6, 6.07) is 13.6. The summed E-state index contributed by atoms with van der Waals surface area (Å²) in [5, 5.41) is 18.5. The fraction of sp³-hybridized carbons (Fsp3) is 0.250. The highest BCUT2D eigenvalue weighted by molar-refractivity contribution is 7.97. The van der Waals surface area contributed by atoms with Gasteiger partial charge in [0.2, 0.25) is 0 Å². The van der Waals surface area contributed by atoms with E-state index in [-0.39, 0.29) is 0 Å². The molecule has 0 unspecified atom stereocenters. The Hall–Kier alpha value is -1.43. The van der Waals surface area contributed by atoms with Gasteiger partial charge in [-0.1, -0.05) is 36.4 Å². The van der Waals surface area contributed by atoms with Gasteiger partial charge in [-0.2, -0.15) is 11.8 Å². The van der Waals surface area contributed by atoms with Crippen LogP contribution in [0.1, 0.15) is 16.7 Å². The molecule has 110 valence electrons. The van der Waals surface area contributed by atoms with E-state index in [1.165, 1.54) is 11.1 Å². The molecule has 0 atom stereocenters. The molecule has 2 aromatic rings. The summed E-state index contributed by atoms with van der Waals surface area (Å²) in [6.45, 7) is 2.11. The van der Waals surface area contributed by atoms with E-state index in [0.29, 0.717) is 5.46 Å². The molecule has 2 N–H and O–H groups in total. The first-order valence-electron chi connectivity index (χ1n) is 6.77. The normalized spacial score (nSPS) is 10.5. The molecule has 0 aliphatic carbocycles. The molecule has 0 saturated carbocycles. The van der Waals surface area contributed by atoms with Gasteiger partial charge in [-0.15, -0.1) is 0 Å². The minimum absolute atomic E-state index is 0.488. The van der Waals surface area contributed by atoms with Crippen LogP contribution in [0.15, 0.2) is 42.5 Å². The highest BCUT2D eigenvalue weighted by Gasteiger charge is 2.13. The van der Waals surface area contributed by atoms with E-state index in [1.54, 1.807) is 37.1 Å². The maximum atomic E-state index is 9.26. The van der Waals surface area contributed by atoms with E-state index in [4.69, 9.17) is 4.74 Å². The van der Waals surface area contributed by atoms with Crippen LogP contribution in [0.4, 0.5) is 0 Å². The number of ether oxygens (including phenoxy) is 1. The van der Waals surface area contributed by atoms with Crippen molar-refractivity contribution in [1.29, 1.82) is 0 Å². The first kappa shape index (κ1) is 16.0. The fourth-order valence-electron chi connectivity index (χ4n) is 2.11. The van der Waals surface area contributed by atoms with Crippen LogP contribution in [0.3, 0.4) is 0 Å². The number of hydrogen-bond acceptors (Lipinski definition) is 4. The van der Waals surface area contributed by atoms with Crippen molar-refractivity contribution in [1.82, 2.24) is 0 Å². The number of rotatable bonds is 6. The first-order chi connectivity index (χ1) is 10.1. The molecule has 0 heterocycles. The van der Waals surface area contributed by atoms with Gasteiger partial charge in [0, 0.05) is 17.1 Å². The van der Waals surface area contributed by atoms with E-state index < -0.39 is 7.12 Å². The second kappa shape index (κ2) is 7.55. The Morgan fingerprint density at radius 3 is 2.43 bits per heavy atom. The largest absolute Gasteiger partial charge is 0.496 e. The van der Waals surface area contributed by atoms with Crippen molar-refractivity contribution in [2.24, 2.45) is 0 Å². The minimum Gasteiger partial charge on any atom is -0.496 e. The van der Waals surface area contributed by atoms with Crippen LogP contribution in [0, 0.1) is 6.92 Å². The predicted molar refractivity (Wildman–Crippen MR) is 89.0 cm³/mol. The summed E-state index contributed by atoms with van der Waals surface area (Å²) in [6.07, 6.45) is 0. The Kier molecular flexibility index (Phi) is 5.73. The monoisotopic (exact) mass is 302 g/mol. The SMILES string of the molecule is COc1ccc(B(O)O)cc1CSCc1ccccc1C. The summed E-state index contributed by atoms with van der Waals surface area (Å²) in [5.41, 5.74) is 4.07. The molecule has 3 nitrogen and oxygen atoms in total. The van der Waals surface area contributed by atoms with Gasteiger partial charge in [-0.05, 0) is 29.6 Å². The molecule has 0 aliphatic heterocycles. The number of aryl methyl sites for hydroxylation is 1. The smallest absolute Gasteiger partial charge is 0.488 e. The lowest BCUT2D eigenvalue weighted by Crippen LogP contribution is -2.30. The maximum Gasteiger partial charge on any atom is 0.488 e. The summed E-state index contributed by atoms with van der Waals surface area (Å²) < 4.78 is 5.33. The number of methoxy groups -OCH3 is 1. The van der Waals surface area contributed by atoms with Gasteiger partial charge < -0.3 is 14.8 Å². The molecule has 0 radical (unpaired) electrons. The van der Waals surface area contributed by atoms with Crippen LogP contribution in [-0.4, -0.2) is 24.3 Å². The van der Waals surface area contributed by atoms with E-state index in [1.807, 2.05) is 12.1 Å². The lowest BCUT2D eigenvalue weighted by atomic mass is 9.79. The topological polar surface area (TPSA) is 49.7 Å². The molecule has 0 saturated heterocycles. The molecular weight excluding hydrogens is 283 g/mol. The Morgan fingerprint density at radius 2 is 1.76 bits per heavy atom. The third-order valence-electron chi connectivity index (χ3n) is 3.38. The molecule has 0 bridgehead atoms. The van der Waals surface area contributed by atoms with Gasteiger partial charge in [0.25, 0.3) is 0 Å². The van der Waals surface area contributed by atoms with Crippen LogP contribution in [0.25, 0.3) is 0 Å². The second-order valence-corrected chi connectivity index (χ2v) is 5.85. The van der Waals surface area contributed by atoms with Crippen molar-refractivity contribution in [3.63, 3.8) is 0 Å². The first-order valence-corrected chi connectivity index (χ1v) is 7.92. The Balaban J connectivity index is 2.05. The highest BCUT2D eigenvalue weighted by atomic mass is 32.2. The number of hydrogen-bond donors (Lipinski definition) is 2. The third-order valence-corrected chi connectivity index (χ3v) is 4.41. The lowest BCUT2D eigenvalue weighted by Gasteiger charge is -2.11. The van der Waals surface area contributed by atoms with E-state index in [9.17, 15) is 10.0 Å². The molecule has 21 heavy (non-hydrogen) atoms. The molecule has 0 amide bonds. The lowest BCUT2D eigenvalue weighted by molar-refractivity contribution is 0.410. The molecule has 0 fully saturated rings. The van der Waals surface area contributed by atoms with Crippen LogP contribution >= 0.6 is 11.8 Å². The molecule has 0 aromatic heterocycles. The van der Waals surface area contributed by atoms with Crippen LogP contribution in [0.2, 0.25) is 0 Å². The summed E-state index contributed by atoms with van der Waals surface area (Å²) in [7, 11) is 0.177. The van der Waals surface area contributed by atoms with E-state index >= 15 is 0 Å². The van der Waals surface area contributed by atoms with E-state index in [2.05, 4.69) is 19.1 Å². The molecule has 0 spiro atoms. The van der Waals surface area contributed by atoms with Gasteiger partial charge in [0.05, 0.1) is 7.11 Å². The van der Waals surface area contributed by atoms with Crippen LogP contribution in [0.5, 0.6) is 5.75 Å². The zero-order valence-corrected chi connectivity index (χ0v) is 13.1. The summed E-state index contributed by atoms with van der Waals surface area (Å²) in [4.78, 5) is 0. The molecule has 0 aliphatic rings. The summed E-state index contributed by atoms with van der Waals surface area (Å²) in [5.74, 6) is 2.46. The van der Waals surface area contributed by atoms with Crippen molar-refractivity contribution in [2.45, 2.75) is 18.4 Å². The van der Waals surface area contributed by atoms with E-state index in [0.717, 1.165) is 22.8 Å². The van der Waals surface area contributed by atoms with Crippen molar-refractivity contribution in [2.75, 3.05) is 7.11 Å². The Labute approximate surface area is 130 Å². The Morgan fingerprint density at radius 1 is 1.05 bits per heavy atom. The second-order valence-electron chi connectivity index (χ2n) is 4.86. The minimum atomic E-state index is -1.45. The van der Waals surface area contributed by atoms with Gasteiger partial charge in [0.15, 0.2) is 0 Å². The molecule has 2 rings (SSSR count). The van der Waals surface area contributed by atoms with Crippen LogP contribution < -0.4 is 10.2 Å². The Bertz CT molecular complexity index is 602. The fourth-order valence-corrected chi connectivity index (χ4v) is 3.21. The maximum absolute atomic E-state index is 9.26. The van der Waals surface area contributed by atoms with Crippen LogP contribution in [-0.2, 0) is 11.5 Å². The highest BCUT2D eigenvalue weighted by Crippen LogP contribution is 2.25. The van der Waals surface area contributed by atoms with Gasteiger partial charge >= 0.3 is 7.12 Å². The zero-order chi connectivity index (χ0) is 15.2. The molecular formula is C16H19BO3S. The number of thioether (sulfide) groups is 1. The quantitative estimate of drug-likeness (QED) is 0.803. The predicted octanol–water partition coefficient (Wildman–Crippen LogP) is 2.12. The van der Waals surface area contributed by atoms with Crippen molar-refractivity contribution in [3.05, 3.63) is 59.2 Å². The molecule has 5 heteroatoms. The number of benzene rings is 2. The third kappa shape index (κ3) is 4.27. The standard InChI is InChI=1S/C16H19BO3S/c1-12-5-3-4-6-13(12)10-21-11-14-9-15(17(18)19)7-8-16(14)20-2/h3-9,18-19H,10-11H2,1-2H3. The van der Waals surface area contributed by atoms with Gasteiger partial charge in [0.1, 0.15) is 5.75 Å².